The van der Waals surface area contributed by atoms with Crippen LogP contribution in [-0.4, -0.2) is 10.9 Å². The van der Waals surface area contributed by atoms with Gasteiger partial charge in [-0.1, -0.05) is 13.8 Å². The van der Waals surface area contributed by atoms with Crippen molar-refractivity contribution in [3.63, 3.8) is 0 Å². The van der Waals surface area contributed by atoms with Crippen LogP contribution in [0.4, 0.5) is 0 Å². The van der Waals surface area contributed by atoms with E-state index in [1.807, 2.05) is 32.9 Å². The molecule has 0 aliphatic heterocycles. The Morgan fingerprint density at radius 3 is 2.38 bits per heavy atom. The average molecular weight is 220 g/mol. The van der Waals surface area contributed by atoms with E-state index in [1.165, 1.54) is 0 Å². The van der Waals surface area contributed by atoms with Crippen LogP contribution < -0.4 is 5.32 Å². The Balaban J connectivity index is 2.58. The third kappa shape index (κ3) is 3.33. The number of hydrogen-bond donors (Lipinski definition) is 1. The third-order valence-electron chi connectivity index (χ3n) is 2.92. The van der Waals surface area contributed by atoms with Gasteiger partial charge in [-0.15, -0.1) is 0 Å². The van der Waals surface area contributed by atoms with Gasteiger partial charge in [0.05, 0.1) is 6.04 Å². The highest BCUT2D eigenvalue weighted by atomic mass is 16.1. The molecule has 0 saturated heterocycles. The Morgan fingerprint density at radius 1 is 1.31 bits per heavy atom. The molecule has 3 heteroatoms. The van der Waals surface area contributed by atoms with Crippen molar-refractivity contribution >= 4 is 5.91 Å². The minimum atomic E-state index is 0.0519. The van der Waals surface area contributed by atoms with Gasteiger partial charge in [0.2, 0.25) is 5.91 Å². The lowest BCUT2D eigenvalue weighted by atomic mass is 10.0. The van der Waals surface area contributed by atoms with Gasteiger partial charge < -0.3 is 5.32 Å². The van der Waals surface area contributed by atoms with E-state index in [1.54, 1.807) is 12.4 Å². The normalized spacial score (nSPS) is 12.5. The number of pyridine rings is 1. The van der Waals surface area contributed by atoms with Crippen molar-refractivity contribution < 1.29 is 4.79 Å². The minimum absolute atomic E-state index is 0.0519. The topological polar surface area (TPSA) is 42.0 Å². The van der Waals surface area contributed by atoms with Crippen molar-refractivity contribution in [3.05, 3.63) is 30.1 Å². The zero-order chi connectivity index (χ0) is 12.0. The predicted octanol–water partition coefficient (Wildman–Crippen LogP) is 2.70. The molecular weight excluding hydrogens is 200 g/mol. The Hall–Kier alpha value is -1.38. The fraction of sp³-hybridized carbons (Fsp3) is 0.538. The first-order valence-corrected chi connectivity index (χ1v) is 5.89. The van der Waals surface area contributed by atoms with Gasteiger partial charge in [0.1, 0.15) is 0 Å². The second-order valence-corrected chi connectivity index (χ2v) is 4.02. The fourth-order valence-corrected chi connectivity index (χ4v) is 1.73. The molecule has 16 heavy (non-hydrogen) atoms. The third-order valence-corrected chi connectivity index (χ3v) is 2.92. The van der Waals surface area contributed by atoms with Crippen LogP contribution in [-0.2, 0) is 4.79 Å². The number of nitrogens with zero attached hydrogens (tertiary/aromatic N) is 1. The summed E-state index contributed by atoms with van der Waals surface area (Å²) in [7, 11) is 0. The molecule has 0 spiro atoms. The van der Waals surface area contributed by atoms with E-state index in [2.05, 4.69) is 10.3 Å². The maximum absolute atomic E-state index is 11.9. The minimum Gasteiger partial charge on any atom is -0.349 e. The van der Waals surface area contributed by atoms with E-state index < -0.39 is 0 Å². The summed E-state index contributed by atoms with van der Waals surface area (Å²) in [5.41, 5.74) is 1.09. The van der Waals surface area contributed by atoms with Crippen molar-refractivity contribution in [2.75, 3.05) is 0 Å². The number of amides is 1. The van der Waals surface area contributed by atoms with Gasteiger partial charge in [-0.3, -0.25) is 9.78 Å². The Labute approximate surface area is 97.3 Å². The lowest BCUT2D eigenvalue weighted by Crippen LogP contribution is -2.32. The Bertz CT molecular complexity index is 320. The molecule has 1 amide bonds. The highest BCUT2D eigenvalue weighted by Gasteiger charge is 2.16. The van der Waals surface area contributed by atoms with Crippen LogP contribution >= 0.6 is 0 Å². The van der Waals surface area contributed by atoms with E-state index in [9.17, 15) is 4.79 Å². The van der Waals surface area contributed by atoms with Crippen molar-refractivity contribution in [2.24, 2.45) is 5.92 Å². The molecule has 1 heterocycles. The van der Waals surface area contributed by atoms with Crippen LogP contribution in [0.15, 0.2) is 24.5 Å². The van der Waals surface area contributed by atoms with Crippen LogP contribution in [0.1, 0.15) is 45.2 Å². The lowest BCUT2D eigenvalue weighted by Gasteiger charge is -2.18. The molecular formula is C13H20N2O. The van der Waals surface area contributed by atoms with E-state index in [0.29, 0.717) is 0 Å². The second kappa shape index (κ2) is 6.26. The summed E-state index contributed by atoms with van der Waals surface area (Å²) >= 11 is 0. The summed E-state index contributed by atoms with van der Waals surface area (Å²) in [6.07, 6.45) is 5.28. The van der Waals surface area contributed by atoms with Crippen molar-refractivity contribution in [2.45, 2.75) is 39.7 Å². The molecule has 0 fully saturated rings. The van der Waals surface area contributed by atoms with Crippen LogP contribution in [0.5, 0.6) is 0 Å². The number of aromatic nitrogens is 1. The molecule has 1 rings (SSSR count). The molecule has 3 nitrogen and oxygen atoms in total. The molecule has 1 aromatic heterocycles. The van der Waals surface area contributed by atoms with E-state index in [-0.39, 0.29) is 17.9 Å². The van der Waals surface area contributed by atoms with Crippen LogP contribution in [0.2, 0.25) is 0 Å². The van der Waals surface area contributed by atoms with Crippen LogP contribution in [0.25, 0.3) is 0 Å². The summed E-state index contributed by atoms with van der Waals surface area (Å²) < 4.78 is 0. The largest absolute Gasteiger partial charge is 0.349 e. The molecule has 0 aliphatic carbocycles. The molecule has 0 aromatic carbocycles. The summed E-state index contributed by atoms with van der Waals surface area (Å²) in [6.45, 7) is 6.09. The van der Waals surface area contributed by atoms with Crippen LogP contribution in [0, 0.1) is 5.92 Å². The molecule has 1 aromatic rings. The quantitative estimate of drug-likeness (QED) is 0.829. The number of carbonyl (C=O) groups excluding carboxylic acids is 1. The average Bonchev–Trinajstić information content (AvgIpc) is 2.31. The maximum Gasteiger partial charge on any atom is 0.223 e. The second-order valence-electron chi connectivity index (χ2n) is 4.02. The number of rotatable bonds is 5. The zero-order valence-electron chi connectivity index (χ0n) is 10.2. The predicted molar refractivity (Wildman–Crippen MR) is 64.9 cm³/mol. The van der Waals surface area contributed by atoms with Gasteiger partial charge in [0.25, 0.3) is 0 Å². The van der Waals surface area contributed by atoms with Gasteiger partial charge in [-0.2, -0.15) is 0 Å². The Morgan fingerprint density at radius 2 is 1.88 bits per heavy atom. The van der Waals surface area contributed by atoms with Crippen molar-refractivity contribution in [1.82, 2.24) is 10.3 Å². The first-order chi connectivity index (χ1) is 7.69. The summed E-state index contributed by atoms with van der Waals surface area (Å²) in [5, 5.41) is 3.03. The molecule has 0 aliphatic rings. The van der Waals surface area contributed by atoms with Gasteiger partial charge in [0.15, 0.2) is 0 Å². The van der Waals surface area contributed by atoms with Gasteiger partial charge >= 0.3 is 0 Å². The SMILES string of the molecule is CCC(CC)C(=O)NC(C)c1ccncc1. The molecule has 88 valence electrons. The van der Waals surface area contributed by atoms with E-state index >= 15 is 0 Å². The zero-order valence-corrected chi connectivity index (χ0v) is 10.2. The number of hydrogen-bond acceptors (Lipinski definition) is 2. The van der Waals surface area contributed by atoms with Crippen molar-refractivity contribution in [3.8, 4) is 0 Å². The highest BCUT2D eigenvalue weighted by Crippen LogP contribution is 2.13. The highest BCUT2D eigenvalue weighted by molar-refractivity contribution is 5.78. The van der Waals surface area contributed by atoms with Crippen molar-refractivity contribution in [1.29, 1.82) is 0 Å². The molecule has 0 bridgehead atoms. The summed E-state index contributed by atoms with van der Waals surface area (Å²) in [4.78, 5) is 15.8. The fourth-order valence-electron chi connectivity index (χ4n) is 1.73. The molecule has 1 N–H and O–H groups in total. The Kier molecular flexibility index (Phi) is 4.96. The summed E-state index contributed by atoms with van der Waals surface area (Å²) in [5.74, 6) is 0.276. The van der Waals surface area contributed by atoms with Crippen LogP contribution in [0.3, 0.4) is 0 Å². The molecule has 0 saturated carbocycles. The van der Waals surface area contributed by atoms with E-state index in [4.69, 9.17) is 0 Å². The van der Waals surface area contributed by atoms with E-state index in [0.717, 1.165) is 18.4 Å². The molecule has 1 atom stereocenters. The standard InChI is InChI=1S/C13H20N2O/c1-4-11(5-2)13(16)15-10(3)12-6-8-14-9-7-12/h6-11H,4-5H2,1-3H3,(H,15,16). The number of nitrogens with one attached hydrogen (secondary N) is 1. The molecule has 0 radical (unpaired) electrons. The lowest BCUT2D eigenvalue weighted by molar-refractivity contribution is -0.125. The monoisotopic (exact) mass is 220 g/mol. The van der Waals surface area contributed by atoms with Gasteiger partial charge in [-0.25, -0.2) is 0 Å². The molecule has 1 unspecified atom stereocenters. The first-order valence-electron chi connectivity index (χ1n) is 5.89. The maximum atomic E-state index is 11.9. The number of carbonyl (C=O) groups is 1. The van der Waals surface area contributed by atoms with Gasteiger partial charge in [0, 0.05) is 18.3 Å². The summed E-state index contributed by atoms with van der Waals surface area (Å²) in [6, 6.07) is 3.91. The first kappa shape index (κ1) is 12.7. The van der Waals surface area contributed by atoms with Gasteiger partial charge in [-0.05, 0) is 37.5 Å². The smallest absolute Gasteiger partial charge is 0.223 e.